The quantitative estimate of drug-likeness (QED) is 0.799. The van der Waals surface area contributed by atoms with E-state index in [1.54, 1.807) is 6.08 Å². The smallest absolute Gasteiger partial charge is 0.165 e. The van der Waals surface area contributed by atoms with Crippen molar-refractivity contribution in [3.8, 4) is 11.5 Å². The zero-order chi connectivity index (χ0) is 18.6. The number of piperidine rings is 1. The maximum Gasteiger partial charge on any atom is 0.165 e. The Morgan fingerprint density at radius 2 is 2.36 bits per heavy atom. The summed E-state index contributed by atoms with van der Waals surface area (Å²) >= 11 is 0. The Hall–Kier alpha value is -1.52. The molecule has 1 saturated heterocycles. The van der Waals surface area contributed by atoms with E-state index in [-0.39, 0.29) is 23.9 Å². The molecule has 1 fully saturated rings. The minimum absolute atomic E-state index is 0.0454. The number of aliphatic hydroxyl groups is 1. The fraction of sp³-hybridized carbons (Fsp3) is 0.556. The summed E-state index contributed by atoms with van der Waals surface area (Å²) < 4.78 is 46.1. The third kappa shape index (κ3) is 1.28. The summed E-state index contributed by atoms with van der Waals surface area (Å²) in [5.41, 5.74) is 0.475. The van der Waals surface area contributed by atoms with Crippen molar-refractivity contribution >= 4 is 0 Å². The van der Waals surface area contributed by atoms with Crippen LogP contribution in [0.15, 0.2) is 24.2 Å². The van der Waals surface area contributed by atoms with Crippen molar-refractivity contribution in [1.29, 1.82) is 0 Å². The minimum Gasteiger partial charge on any atom is -0.493 e. The number of benzene rings is 1. The molecule has 1 aromatic carbocycles. The van der Waals surface area contributed by atoms with E-state index in [1.807, 2.05) is 7.05 Å². The summed E-state index contributed by atoms with van der Waals surface area (Å²) in [5, 5.41) is 10.8. The second-order valence-corrected chi connectivity index (χ2v) is 6.60. The van der Waals surface area contributed by atoms with Gasteiger partial charge in [-0.1, -0.05) is 18.2 Å². The van der Waals surface area contributed by atoms with Gasteiger partial charge in [0, 0.05) is 24.3 Å². The summed E-state index contributed by atoms with van der Waals surface area (Å²) in [4.78, 5) is 2.11. The Labute approximate surface area is 135 Å². The second kappa shape index (κ2) is 4.06. The first kappa shape index (κ1) is 9.58. The SMILES string of the molecule is [2H]c1c([2H])c(OC)c2c3c1C[C@H]1N(C)CC[C@@]34C(O2)C([2H])(O)C=C[C@@]14[2H]. The topological polar surface area (TPSA) is 41.9 Å². The van der Waals surface area contributed by atoms with Crippen LogP contribution in [0.2, 0.25) is 0 Å². The highest BCUT2D eigenvalue weighted by Crippen LogP contribution is 2.62. The summed E-state index contributed by atoms with van der Waals surface area (Å²) in [5.74, 6) is -0.576. The number of hydrogen-bond donors (Lipinski definition) is 1. The van der Waals surface area contributed by atoms with Gasteiger partial charge in [-0.2, -0.15) is 0 Å². The van der Waals surface area contributed by atoms with Gasteiger partial charge in [0.25, 0.3) is 0 Å². The minimum atomic E-state index is -1.98. The van der Waals surface area contributed by atoms with Gasteiger partial charge in [0.1, 0.15) is 12.2 Å². The van der Waals surface area contributed by atoms with Crippen LogP contribution in [0.25, 0.3) is 0 Å². The Morgan fingerprint density at radius 3 is 3.18 bits per heavy atom. The highest BCUT2D eigenvalue weighted by atomic mass is 16.5. The average molecular weight is 303 g/mol. The lowest BCUT2D eigenvalue weighted by atomic mass is 9.53. The van der Waals surface area contributed by atoms with Crippen LogP contribution < -0.4 is 9.47 Å². The predicted molar refractivity (Wildman–Crippen MR) is 82.5 cm³/mol. The van der Waals surface area contributed by atoms with E-state index < -0.39 is 23.5 Å². The Kier molecular flexibility index (Phi) is 1.77. The monoisotopic (exact) mass is 303 g/mol. The van der Waals surface area contributed by atoms with Gasteiger partial charge in [-0.05, 0) is 38.0 Å². The Bertz CT molecular complexity index is 873. The van der Waals surface area contributed by atoms with Crippen LogP contribution in [-0.4, -0.2) is 48.9 Å². The Morgan fingerprint density at radius 1 is 1.50 bits per heavy atom. The van der Waals surface area contributed by atoms with Crippen LogP contribution in [0.3, 0.4) is 0 Å². The van der Waals surface area contributed by atoms with E-state index in [0.717, 1.165) is 0 Å². The van der Waals surface area contributed by atoms with E-state index in [0.29, 0.717) is 36.3 Å². The lowest BCUT2D eigenvalue weighted by Gasteiger charge is -2.56. The molecule has 0 saturated carbocycles. The van der Waals surface area contributed by atoms with Crippen molar-refractivity contribution < 1.29 is 20.1 Å². The van der Waals surface area contributed by atoms with Crippen molar-refractivity contribution in [3.05, 3.63) is 35.4 Å². The third-order valence-electron chi connectivity index (χ3n) is 5.76. The maximum atomic E-state index is 10.8. The number of nitrogens with zero attached hydrogens (tertiary/aromatic N) is 1. The van der Waals surface area contributed by atoms with Crippen LogP contribution in [0.4, 0.5) is 0 Å². The molecule has 1 N–H and O–H groups in total. The van der Waals surface area contributed by atoms with Crippen molar-refractivity contribution in [1.82, 2.24) is 4.90 Å². The number of likely N-dealkylation sites (N-methyl/N-ethyl adjacent to an activating group) is 1. The van der Waals surface area contributed by atoms with Gasteiger partial charge in [-0.15, -0.1) is 0 Å². The van der Waals surface area contributed by atoms with Crippen molar-refractivity contribution in [2.24, 2.45) is 5.89 Å². The molecule has 4 nitrogen and oxygen atoms in total. The molecule has 2 unspecified atom stereocenters. The molecular weight excluding hydrogens is 278 g/mol. The molecule has 5 atom stereocenters. The van der Waals surface area contributed by atoms with Crippen LogP contribution in [0.5, 0.6) is 11.5 Å². The van der Waals surface area contributed by atoms with Crippen LogP contribution in [0.1, 0.15) is 23.0 Å². The van der Waals surface area contributed by atoms with Gasteiger partial charge in [-0.3, -0.25) is 0 Å². The fourth-order valence-electron chi connectivity index (χ4n) is 4.77. The van der Waals surface area contributed by atoms with E-state index in [2.05, 4.69) is 4.90 Å². The number of hydrogen-bond acceptors (Lipinski definition) is 4. The summed E-state index contributed by atoms with van der Waals surface area (Å²) in [6.45, 7) is 0.715. The molecule has 0 radical (unpaired) electrons. The summed E-state index contributed by atoms with van der Waals surface area (Å²) in [6.07, 6.45) is 1.09. The van der Waals surface area contributed by atoms with Gasteiger partial charge in [-0.25, -0.2) is 0 Å². The molecule has 2 heterocycles. The number of likely N-dealkylation sites (tertiary alicyclic amines) is 1. The molecule has 4 heteroatoms. The number of rotatable bonds is 1. The second-order valence-electron chi connectivity index (χ2n) is 6.60. The van der Waals surface area contributed by atoms with Gasteiger partial charge >= 0.3 is 0 Å². The molecule has 2 bridgehead atoms. The van der Waals surface area contributed by atoms with Crippen LogP contribution in [0, 0.1) is 5.89 Å². The lowest BCUT2D eigenvalue weighted by molar-refractivity contribution is -0.0453. The standard InChI is InChI=1S/C18H21NO3/c1-19-8-7-18-11-4-5-13(20)17(18)22-16-14(21-2)6-3-10(15(16)18)9-12(11)19/h3-6,11-13,17,20H,7-9H2,1-2H3/t11-,12+,13?,17?,18-/m0/s1/i3D,6D,11D,13D. The molecule has 4 aliphatic rings. The largest absolute Gasteiger partial charge is 0.493 e. The number of methoxy groups -OCH3 is 1. The third-order valence-corrected chi connectivity index (χ3v) is 5.76. The molecule has 22 heavy (non-hydrogen) atoms. The number of ether oxygens (including phenoxy) is 2. The van der Waals surface area contributed by atoms with Crippen LogP contribution in [-0.2, 0) is 11.8 Å². The van der Waals surface area contributed by atoms with Crippen molar-refractivity contribution in [3.63, 3.8) is 0 Å². The molecule has 5 rings (SSSR count). The van der Waals surface area contributed by atoms with Gasteiger partial charge in [0.2, 0.25) is 0 Å². The fourth-order valence-corrected chi connectivity index (χ4v) is 4.77. The average Bonchev–Trinajstić information content (AvgIpc) is 2.93. The van der Waals surface area contributed by atoms with E-state index in [9.17, 15) is 6.48 Å². The lowest BCUT2D eigenvalue weighted by Crippen LogP contribution is -2.64. The molecule has 116 valence electrons. The first-order chi connectivity index (χ1) is 12.2. The van der Waals surface area contributed by atoms with E-state index in [1.165, 1.54) is 13.2 Å². The summed E-state index contributed by atoms with van der Waals surface area (Å²) in [6, 6.07) is -0.157. The van der Waals surface area contributed by atoms with Crippen molar-refractivity contribution in [2.75, 3.05) is 20.7 Å². The molecule has 2 aliphatic carbocycles. The zero-order valence-electron chi connectivity index (χ0n) is 16.6. The highest BCUT2D eigenvalue weighted by Gasteiger charge is 2.64. The first-order valence-electron chi connectivity index (χ1n) is 9.69. The van der Waals surface area contributed by atoms with Crippen molar-refractivity contribution in [2.45, 2.75) is 36.5 Å². The van der Waals surface area contributed by atoms with Gasteiger partial charge < -0.3 is 19.5 Å². The van der Waals surface area contributed by atoms with E-state index in [4.69, 9.17) is 13.6 Å². The van der Waals surface area contributed by atoms with Gasteiger partial charge in [0.15, 0.2) is 11.5 Å². The zero-order valence-corrected chi connectivity index (χ0v) is 12.6. The molecular formula is C18H21NO3. The summed E-state index contributed by atoms with van der Waals surface area (Å²) in [7, 11) is 3.40. The molecule has 0 amide bonds. The molecule has 1 aromatic rings. The Balaban J connectivity index is 1.93. The van der Waals surface area contributed by atoms with Crippen LogP contribution >= 0.6 is 0 Å². The normalized spacial score (nSPS) is 50.3. The predicted octanol–water partition coefficient (Wildman–Crippen LogP) is 1.50. The van der Waals surface area contributed by atoms with Gasteiger partial charge in [0.05, 0.1) is 11.2 Å². The first-order valence-corrected chi connectivity index (χ1v) is 7.69. The molecule has 2 aliphatic heterocycles. The maximum absolute atomic E-state index is 10.8. The molecule has 1 spiro atoms. The van der Waals surface area contributed by atoms with E-state index >= 15 is 0 Å². The highest BCUT2D eigenvalue weighted by molar-refractivity contribution is 5.62. The molecule has 0 aromatic heterocycles.